The van der Waals surface area contributed by atoms with Gasteiger partial charge in [0, 0.05) is 63.3 Å². The number of hydrogen-bond acceptors (Lipinski definition) is 23. The van der Waals surface area contributed by atoms with Crippen LogP contribution in [0.25, 0.3) is 33.4 Å². The molecule has 0 atom stereocenters. The molecule has 0 radical (unpaired) electrons. The Bertz CT molecular complexity index is 2950. The van der Waals surface area contributed by atoms with Gasteiger partial charge in [0.15, 0.2) is 17.4 Å². The van der Waals surface area contributed by atoms with Crippen LogP contribution in [0, 0.1) is 18.6 Å². The molecule has 5 rings (SSSR count). The molecule has 1 aliphatic carbocycles. The number of aryl methyl sites for hydroxylation is 1. The zero-order valence-corrected chi connectivity index (χ0v) is 39.8. The zero-order valence-electron chi connectivity index (χ0n) is 39.8. The first-order valence-corrected chi connectivity index (χ1v) is 21.1. The van der Waals surface area contributed by atoms with Crippen LogP contribution in [0.4, 0.5) is 39.3 Å². The second kappa shape index (κ2) is 25.5. The number of amides is 4. The van der Waals surface area contributed by atoms with Gasteiger partial charge in [-0.15, -0.1) is 0 Å². The summed E-state index contributed by atoms with van der Waals surface area (Å²) in [4.78, 5) is 124. The first-order chi connectivity index (χ1) is 35.1. The lowest BCUT2D eigenvalue weighted by Gasteiger charge is -2.24. The standard InChI is InChI=1S/C47H42F2N2O23/c1-24-7-9-35(50(44(58)70-20-65-26(3)53)45(59)71-21-66-27(4)54)41(13-24)62-11-12-63-42-14-30(8-10-36(42)51(46(60)72-22-67-28(5)55)47(61)73-23-68-29(6)56)43-31-15-33(48)37(57)17-38(31)74-39-18-40(34(49)16-32(39)43)69-19-64-25(2)52/h7-10,13-18H,11-12,19-23H2,1-6H3. The van der Waals surface area contributed by atoms with Crippen molar-refractivity contribution < 1.29 is 113 Å². The van der Waals surface area contributed by atoms with Crippen molar-refractivity contribution >= 4 is 76.6 Å². The van der Waals surface area contributed by atoms with Crippen molar-refractivity contribution in [3.63, 3.8) is 0 Å². The Morgan fingerprint density at radius 1 is 0.486 bits per heavy atom. The number of carbonyl (C=O) groups is 9. The molecule has 3 aromatic rings. The number of halogens is 2. The first-order valence-electron chi connectivity index (χ1n) is 21.1. The van der Waals surface area contributed by atoms with Gasteiger partial charge in [-0.3, -0.25) is 28.8 Å². The quantitative estimate of drug-likeness (QED) is 0.0271. The van der Waals surface area contributed by atoms with Crippen LogP contribution in [-0.4, -0.2) is 101 Å². The lowest BCUT2D eigenvalue weighted by molar-refractivity contribution is -0.150. The molecule has 0 aromatic heterocycles. The number of nitrogens with zero attached hydrogens (tertiary/aromatic N) is 2. The number of imide groups is 2. The second-order valence-electron chi connectivity index (χ2n) is 14.6. The van der Waals surface area contributed by atoms with Crippen LogP contribution in [0.5, 0.6) is 17.2 Å². The molecule has 1 heterocycles. The molecule has 25 nitrogen and oxygen atoms in total. The maximum atomic E-state index is 15.8. The predicted molar refractivity (Wildman–Crippen MR) is 241 cm³/mol. The summed E-state index contributed by atoms with van der Waals surface area (Å²) in [6.45, 7) is 1.00. The van der Waals surface area contributed by atoms with E-state index in [0.29, 0.717) is 10.5 Å². The number of rotatable bonds is 19. The van der Waals surface area contributed by atoms with Crippen LogP contribution in [0.15, 0.2) is 69.9 Å². The summed E-state index contributed by atoms with van der Waals surface area (Å²) in [5.41, 5.74) is -1.72. The predicted octanol–water partition coefficient (Wildman–Crippen LogP) is 6.75. The normalized spacial score (nSPS) is 10.5. The van der Waals surface area contributed by atoms with Gasteiger partial charge in [-0.2, -0.15) is 9.80 Å². The largest absolute Gasteiger partial charge is 0.488 e. The summed E-state index contributed by atoms with van der Waals surface area (Å²) in [5.74, 6) is -7.83. The highest BCUT2D eigenvalue weighted by Crippen LogP contribution is 2.44. The molecular formula is C47H42F2N2O23. The average Bonchev–Trinajstić information content (AvgIpc) is 3.31. The second-order valence-corrected chi connectivity index (χ2v) is 14.6. The molecular weight excluding hydrogens is 999 g/mol. The third-order valence-corrected chi connectivity index (χ3v) is 9.26. The fraction of sp³-hybridized carbons (Fsp3) is 0.277. The van der Waals surface area contributed by atoms with Crippen LogP contribution in [0.1, 0.15) is 40.2 Å². The van der Waals surface area contributed by atoms with Gasteiger partial charge >= 0.3 is 54.2 Å². The van der Waals surface area contributed by atoms with Crippen LogP contribution in [0.2, 0.25) is 0 Å². The number of fused-ring (bicyclic) bond motifs is 2. The Morgan fingerprint density at radius 3 is 1.41 bits per heavy atom. The Labute approximate surface area is 415 Å². The molecule has 0 bridgehead atoms. The van der Waals surface area contributed by atoms with E-state index in [9.17, 15) is 47.9 Å². The van der Waals surface area contributed by atoms with Crippen molar-refractivity contribution in [3.05, 3.63) is 88.1 Å². The number of benzene rings is 4. The molecule has 1 aliphatic heterocycles. The van der Waals surface area contributed by atoms with Gasteiger partial charge in [-0.05, 0) is 54.4 Å². The van der Waals surface area contributed by atoms with Crippen LogP contribution < -0.4 is 29.4 Å². The van der Waals surface area contributed by atoms with Crippen molar-refractivity contribution in [2.24, 2.45) is 0 Å². The number of ether oxygens (including phenoxy) is 12. The third kappa shape index (κ3) is 15.0. The molecule has 0 N–H and O–H groups in total. The number of carbonyl (C=O) groups excluding carboxylic acids is 9. The van der Waals surface area contributed by atoms with Crippen LogP contribution in [-0.2, 0) is 66.6 Å². The fourth-order valence-corrected chi connectivity index (χ4v) is 6.14. The van der Waals surface area contributed by atoms with Crippen molar-refractivity contribution in [1.82, 2.24) is 0 Å². The van der Waals surface area contributed by atoms with Gasteiger partial charge in [0.25, 0.3) is 0 Å². The molecule has 74 heavy (non-hydrogen) atoms. The van der Waals surface area contributed by atoms with Crippen LogP contribution in [0.3, 0.4) is 0 Å². The Hall–Kier alpha value is -9.56. The Balaban J connectivity index is 1.63. The van der Waals surface area contributed by atoms with E-state index < -0.39 is 136 Å². The Kier molecular flexibility index (Phi) is 19.1. The van der Waals surface area contributed by atoms with Gasteiger partial charge in [0.05, 0.1) is 0 Å². The van der Waals surface area contributed by atoms with E-state index in [1.807, 2.05) is 0 Å². The van der Waals surface area contributed by atoms with Gasteiger partial charge in [-0.1, -0.05) is 12.1 Å². The van der Waals surface area contributed by atoms with Crippen molar-refractivity contribution in [1.29, 1.82) is 0 Å². The molecule has 0 spiro atoms. The maximum absolute atomic E-state index is 15.8. The topological polar surface area (TPSA) is 301 Å². The van der Waals surface area contributed by atoms with Gasteiger partial charge in [-0.25, -0.2) is 28.0 Å². The molecule has 2 aliphatic rings. The van der Waals surface area contributed by atoms with Crippen LogP contribution >= 0.6 is 0 Å². The summed E-state index contributed by atoms with van der Waals surface area (Å²) in [6, 6.07) is 11.2. The lowest BCUT2D eigenvalue weighted by atomic mass is 9.93. The third-order valence-electron chi connectivity index (χ3n) is 9.26. The number of hydrogen-bond donors (Lipinski definition) is 0. The minimum Gasteiger partial charge on any atom is -0.488 e. The molecule has 0 saturated carbocycles. The summed E-state index contributed by atoms with van der Waals surface area (Å²) in [7, 11) is 0. The van der Waals surface area contributed by atoms with Crippen molar-refractivity contribution in [2.45, 2.75) is 41.5 Å². The molecule has 392 valence electrons. The van der Waals surface area contributed by atoms with Crippen molar-refractivity contribution in [3.8, 4) is 39.7 Å². The van der Waals surface area contributed by atoms with E-state index in [1.54, 1.807) is 6.92 Å². The van der Waals surface area contributed by atoms with Gasteiger partial charge < -0.3 is 61.3 Å². The van der Waals surface area contributed by atoms with E-state index in [4.69, 9.17) is 42.3 Å². The summed E-state index contributed by atoms with van der Waals surface area (Å²) < 4.78 is 97.4. The molecule has 0 unspecified atom stereocenters. The molecule has 0 fully saturated rings. The summed E-state index contributed by atoms with van der Waals surface area (Å²) >= 11 is 0. The Morgan fingerprint density at radius 2 is 0.932 bits per heavy atom. The van der Waals surface area contributed by atoms with E-state index >= 15 is 8.78 Å². The van der Waals surface area contributed by atoms with Gasteiger partial charge in [0.2, 0.25) is 39.4 Å². The highest BCUT2D eigenvalue weighted by molar-refractivity contribution is 6.12. The average molecular weight is 1040 g/mol. The summed E-state index contributed by atoms with van der Waals surface area (Å²) in [6.07, 6.45) is -6.00. The number of anilines is 2. The molecule has 4 amide bonds. The zero-order chi connectivity index (χ0) is 54.2. The van der Waals surface area contributed by atoms with E-state index in [0.717, 1.165) is 65.0 Å². The molecule has 3 aromatic carbocycles. The smallest absolute Gasteiger partial charge is 0.427 e. The number of esters is 5. The summed E-state index contributed by atoms with van der Waals surface area (Å²) in [5, 5.41) is -0.0809. The monoisotopic (exact) mass is 1040 g/mol. The minimum absolute atomic E-state index is 0.000786. The van der Waals surface area contributed by atoms with E-state index in [2.05, 4.69) is 18.9 Å². The lowest BCUT2D eigenvalue weighted by Crippen LogP contribution is -2.39. The SMILES string of the molecule is CC(=O)OCOC(=O)N(C(=O)OCOC(C)=O)c1ccc(C)cc1OCCOc1cc(-c2c3cc(F)c(=O)cc-3oc3cc(OCOC(C)=O)c(F)cc23)ccc1N(C(=O)OCOC(C)=O)C(=O)OCOC(C)=O. The van der Waals surface area contributed by atoms with E-state index in [-0.39, 0.29) is 49.8 Å². The fourth-order valence-electron chi connectivity index (χ4n) is 6.14. The van der Waals surface area contributed by atoms with Crippen molar-refractivity contribution in [2.75, 3.05) is 57.0 Å². The van der Waals surface area contributed by atoms with E-state index in [1.165, 1.54) is 30.3 Å². The van der Waals surface area contributed by atoms with Gasteiger partial charge in [0.1, 0.15) is 47.4 Å². The molecule has 0 saturated heterocycles. The highest BCUT2D eigenvalue weighted by atomic mass is 19.1. The maximum Gasteiger partial charge on any atom is 0.427 e. The minimum atomic E-state index is -1.55. The highest BCUT2D eigenvalue weighted by Gasteiger charge is 2.33. The molecule has 27 heteroatoms. The first kappa shape index (κ1) is 55.4.